The number of aromatic nitrogens is 4. The monoisotopic (exact) mass is 342 g/mol. The number of nitrogens with two attached hydrogens (primary N) is 1. The fourth-order valence-corrected chi connectivity index (χ4v) is 3.41. The van der Waals surface area contributed by atoms with Gasteiger partial charge in [0.05, 0.1) is 11.9 Å². The van der Waals surface area contributed by atoms with Crippen LogP contribution in [0.3, 0.4) is 0 Å². The van der Waals surface area contributed by atoms with Gasteiger partial charge in [-0.05, 0) is 35.6 Å². The molecule has 0 unspecified atom stereocenters. The number of anilines is 1. The van der Waals surface area contributed by atoms with Crippen LogP contribution in [0.5, 0.6) is 0 Å². The highest BCUT2D eigenvalue weighted by Gasteiger charge is 2.19. The second kappa shape index (κ2) is 5.74. The number of nitriles is 1. The molecule has 3 aromatic heterocycles. The molecule has 0 spiro atoms. The molecule has 0 amide bonds. The number of pyridine rings is 1. The van der Waals surface area contributed by atoms with Crippen LogP contribution in [0.1, 0.15) is 11.1 Å². The molecule has 3 heterocycles. The zero-order chi connectivity index (χ0) is 18.4. The average molecular weight is 342 g/mol. The number of aryl methyl sites for hydroxylation is 2. The fraction of sp³-hybridized carbons (Fsp3) is 0.150. The standard InChI is InChI=1S/C20H18N6/c1-12-18(14-5-4-13-6-7-25(2)17(13)8-14)16(9-21)20(22)24-19(12)15-10-23-26(3)11-15/h4-8,10-11H,1-3H3,(H2,22,24). The molecule has 0 aliphatic rings. The van der Waals surface area contributed by atoms with Crippen LogP contribution in [-0.2, 0) is 14.1 Å². The van der Waals surface area contributed by atoms with Crippen LogP contribution in [0.15, 0.2) is 42.9 Å². The van der Waals surface area contributed by atoms with E-state index in [9.17, 15) is 5.26 Å². The number of nitrogen functional groups attached to an aromatic ring is 1. The van der Waals surface area contributed by atoms with Crippen molar-refractivity contribution in [3.8, 4) is 28.5 Å². The number of rotatable bonds is 2. The van der Waals surface area contributed by atoms with Gasteiger partial charge in [0.15, 0.2) is 0 Å². The van der Waals surface area contributed by atoms with Gasteiger partial charge in [-0.1, -0.05) is 12.1 Å². The molecule has 26 heavy (non-hydrogen) atoms. The van der Waals surface area contributed by atoms with E-state index in [1.54, 1.807) is 10.9 Å². The maximum atomic E-state index is 9.69. The lowest BCUT2D eigenvalue weighted by atomic mass is 9.93. The van der Waals surface area contributed by atoms with Gasteiger partial charge in [0.25, 0.3) is 0 Å². The van der Waals surface area contributed by atoms with Gasteiger partial charge in [0.2, 0.25) is 0 Å². The quantitative estimate of drug-likeness (QED) is 0.605. The van der Waals surface area contributed by atoms with E-state index in [0.717, 1.165) is 38.9 Å². The second-order valence-corrected chi connectivity index (χ2v) is 6.44. The van der Waals surface area contributed by atoms with Crippen molar-refractivity contribution in [1.29, 1.82) is 5.26 Å². The van der Waals surface area contributed by atoms with Crippen molar-refractivity contribution >= 4 is 16.7 Å². The Morgan fingerprint density at radius 1 is 1.15 bits per heavy atom. The molecule has 0 saturated heterocycles. The SMILES string of the molecule is Cc1c(-c2cnn(C)c2)nc(N)c(C#N)c1-c1ccc2ccn(C)c2c1. The van der Waals surface area contributed by atoms with Gasteiger partial charge in [-0.15, -0.1) is 0 Å². The van der Waals surface area contributed by atoms with Gasteiger partial charge in [-0.2, -0.15) is 10.4 Å². The molecular weight excluding hydrogens is 324 g/mol. The first-order chi connectivity index (χ1) is 12.5. The van der Waals surface area contributed by atoms with E-state index in [1.807, 2.05) is 39.5 Å². The first kappa shape index (κ1) is 15.9. The summed E-state index contributed by atoms with van der Waals surface area (Å²) in [5, 5.41) is 15.1. The molecule has 0 atom stereocenters. The van der Waals surface area contributed by atoms with E-state index < -0.39 is 0 Å². The first-order valence-corrected chi connectivity index (χ1v) is 8.24. The Morgan fingerprint density at radius 3 is 2.65 bits per heavy atom. The molecule has 2 N–H and O–H groups in total. The van der Waals surface area contributed by atoms with Crippen LogP contribution < -0.4 is 5.73 Å². The normalized spacial score (nSPS) is 11.0. The highest BCUT2D eigenvalue weighted by Crippen LogP contribution is 2.36. The predicted octanol–water partition coefficient (Wildman–Crippen LogP) is 3.40. The van der Waals surface area contributed by atoms with Crippen molar-refractivity contribution in [2.45, 2.75) is 6.92 Å². The van der Waals surface area contributed by atoms with Crippen LogP contribution in [0, 0.1) is 18.3 Å². The molecule has 4 aromatic rings. The molecule has 128 valence electrons. The summed E-state index contributed by atoms with van der Waals surface area (Å²) in [5.41, 5.74) is 12.0. The Morgan fingerprint density at radius 2 is 1.96 bits per heavy atom. The van der Waals surface area contributed by atoms with Crippen molar-refractivity contribution in [2.75, 3.05) is 5.73 Å². The topological polar surface area (TPSA) is 85.5 Å². The Bertz CT molecular complexity index is 1190. The van der Waals surface area contributed by atoms with Crippen LogP contribution in [0.2, 0.25) is 0 Å². The Labute approximate surface area is 151 Å². The molecule has 4 rings (SSSR count). The third-order valence-corrected chi connectivity index (χ3v) is 4.74. The fourth-order valence-electron chi connectivity index (χ4n) is 3.41. The highest BCUT2D eigenvalue weighted by molar-refractivity contribution is 5.90. The minimum absolute atomic E-state index is 0.235. The van der Waals surface area contributed by atoms with Gasteiger partial charge in [-0.25, -0.2) is 4.98 Å². The van der Waals surface area contributed by atoms with Crippen molar-refractivity contribution in [3.63, 3.8) is 0 Å². The third-order valence-electron chi connectivity index (χ3n) is 4.74. The lowest BCUT2D eigenvalue weighted by molar-refractivity contribution is 0.768. The highest BCUT2D eigenvalue weighted by atomic mass is 15.2. The molecule has 6 heteroatoms. The van der Waals surface area contributed by atoms with E-state index >= 15 is 0 Å². The Kier molecular flexibility index (Phi) is 3.51. The average Bonchev–Trinajstić information content (AvgIpc) is 3.22. The molecule has 1 aromatic carbocycles. The first-order valence-electron chi connectivity index (χ1n) is 8.24. The van der Waals surface area contributed by atoms with E-state index in [2.05, 4.69) is 38.9 Å². The van der Waals surface area contributed by atoms with Crippen molar-refractivity contribution in [3.05, 3.63) is 54.0 Å². The number of hydrogen-bond acceptors (Lipinski definition) is 4. The van der Waals surface area contributed by atoms with E-state index in [4.69, 9.17) is 5.73 Å². The van der Waals surface area contributed by atoms with Crippen LogP contribution in [-0.4, -0.2) is 19.3 Å². The van der Waals surface area contributed by atoms with Crippen LogP contribution in [0.4, 0.5) is 5.82 Å². The lowest BCUT2D eigenvalue weighted by Crippen LogP contribution is -2.03. The van der Waals surface area contributed by atoms with Gasteiger partial charge < -0.3 is 10.3 Å². The minimum Gasteiger partial charge on any atom is -0.383 e. The van der Waals surface area contributed by atoms with Gasteiger partial charge in [-0.3, -0.25) is 4.68 Å². The van der Waals surface area contributed by atoms with Crippen molar-refractivity contribution in [1.82, 2.24) is 19.3 Å². The summed E-state index contributed by atoms with van der Waals surface area (Å²) in [5.74, 6) is 0.235. The van der Waals surface area contributed by atoms with E-state index in [-0.39, 0.29) is 5.82 Å². The van der Waals surface area contributed by atoms with Crippen LogP contribution in [0.25, 0.3) is 33.3 Å². The van der Waals surface area contributed by atoms with Crippen molar-refractivity contribution in [2.24, 2.45) is 14.1 Å². The molecule has 0 aliphatic carbocycles. The smallest absolute Gasteiger partial charge is 0.142 e. The second-order valence-electron chi connectivity index (χ2n) is 6.44. The third kappa shape index (κ3) is 2.33. The van der Waals surface area contributed by atoms with E-state index in [1.165, 1.54) is 0 Å². The minimum atomic E-state index is 0.235. The Hall–Kier alpha value is -3.59. The predicted molar refractivity (Wildman–Crippen MR) is 102 cm³/mol. The summed E-state index contributed by atoms with van der Waals surface area (Å²) in [6, 6.07) is 10.5. The largest absolute Gasteiger partial charge is 0.383 e. The Balaban J connectivity index is 2.03. The summed E-state index contributed by atoms with van der Waals surface area (Å²) in [6.45, 7) is 1.97. The van der Waals surface area contributed by atoms with E-state index in [0.29, 0.717) is 5.56 Å². The molecule has 0 fully saturated rings. The summed E-state index contributed by atoms with van der Waals surface area (Å²) in [6.07, 6.45) is 5.67. The molecule has 0 bridgehead atoms. The van der Waals surface area contributed by atoms with Crippen LogP contribution >= 0.6 is 0 Å². The van der Waals surface area contributed by atoms with Gasteiger partial charge >= 0.3 is 0 Å². The summed E-state index contributed by atoms with van der Waals surface area (Å²) in [4.78, 5) is 4.48. The number of nitrogens with zero attached hydrogens (tertiary/aromatic N) is 5. The zero-order valence-electron chi connectivity index (χ0n) is 14.9. The van der Waals surface area contributed by atoms with Gasteiger partial charge in [0.1, 0.15) is 17.5 Å². The number of benzene rings is 1. The molecule has 0 saturated carbocycles. The number of fused-ring (bicyclic) bond motifs is 1. The molecule has 0 radical (unpaired) electrons. The zero-order valence-corrected chi connectivity index (χ0v) is 14.9. The maximum absolute atomic E-state index is 9.69. The van der Waals surface area contributed by atoms with Gasteiger partial charge in [0, 0.05) is 43.1 Å². The molecule has 0 aliphatic heterocycles. The maximum Gasteiger partial charge on any atom is 0.142 e. The molecule has 6 nitrogen and oxygen atoms in total. The summed E-state index contributed by atoms with van der Waals surface area (Å²) in [7, 11) is 3.86. The number of hydrogen-bond donors (Lipinski definition) is 1. The summed E-state index contributed by atoms with van der Waals surface area (Å²) < 4.78 is 3.79. The summed E-state index contributed by atoms with van der Waals surface area (Å²) >= 11 is 0. The lowest BCUT2D eigenvalue weighted by Gasteiger charge is -2.14. The molecular formula is C20H18N6. The van der Waals surface area contributed by atoms with Crippen molar-refractivity contribution < 1.29 is 0 Å².